The van der Waals surface area contributed by atoms with Crippen LogP contribution >= 0.6 is 0 Å². The predicted molar refractivity (Wildman–Crippen MR) is 71.5 cm³/mol. The highest BCUT2D eigenvalue weighted by Gasteiger charge is 2.21. The van der Waals surface area contributed by atoms with Gasteiger partial charge in [-0.15, -0.1) is 0 Å². The van der Waals surface area contributed by atoms with Crippen molar-refractivity contribution in [2.24, 2.45) is 0 Å². The first-order valence-electron chi connectivity index (χ1n) is 5.90. The number of benzene rings is 1. The minimum Gasteiger partial charge on any atom is -0.322 e. The van der Waals surface area contributed by atoms with Crippen molar-refractivity contribution in [2.75, 3.05) is 5.32 Å². The molecule has 2 N–H and O–H groups in total. The maximum Gasteiger partial charge on any atom is 0.246 e. The van der Waals surface area contributed by atoms with Gasteiger partial charge in [0.2, 0.25) is 5.91 Å². The maximum absolute atomic E-state index is 12.2. The lowest BCUT2D eigenvalue weighted by Gasteiger charge is -2.10. The molecule has 2 aromatic rings. The quantitative estimate of drug-likeness (QED) is 0.881. The Morgan fingerprint density at radius 2 is 2.05 bits per heavy atom. The van der Waals surface area contributed by atoms with Gasteiger partial charge in [0, 0.05) is 0 Å². The lowest BCUT2D eigenvalue weighted by molar-refractivity contribution is -0.116. The Balaban J connectivity index is 2.22. The van der Waals surface area contributed by atoms with Crippen LogP contribution in [0.15, 0.2) is 30.3 Å². The summed E-state index contributed by atoms with van der Waals surface area (Å²) in [5.74, 6) is -1.17. The normalized spacial score (nSPS) is 11.6. The molecular formula is C14H14N4O. The van der Waals surface area contributed by atoms with Crippen LogP contribution in [0.4, 0.5) is 5.69 Å². The number of aromatic amines is 1. The van der Waals surface area contributed by atoms with Crippen molar-refractivity contribution in [3.8, 4) is 6.07 Å². The fraction of sp³-hybridized carbons (Fsp3) is 0.214. The molecule has 1 unspecified atom stereocenters. The van der Waals surface area contributed by atoms with Gasteiger partial charge in [-0.1, -0.05) is 30.3 Å². The minimum atomic E-state index is -0.824. The summed E-state index contributed by atoms with van der Waals surface area (Å²) in [6.07, 6.45) is 0. The Morgan fingerprint density at radius 3 is 2.58 bits per heavy atom. The van der Waals surface area contributed by atoms with Crippen LogP contribution in [-0.4, -0.2) is 16.1 Å². The van der Waals surface area contributed by atoms with Crippen LogP contribution in [0.3, 0.4) is 0 Å². The molecule has 0 bridgehead atoms. The third-order valence-electron chi connectivity index (χ3n) is 2.90. The Kier molecular flexibility index (Phi) is 3.62. The first-order valence-corrected chi connectivity index (χ1v) is 5.90. The molecule has 1 aromatic carbocycles. The number of aromatic nitrogens is 2. The van der Waals surface area contributed by atoms with Gasteiger partial charge < -0.3 is 5.32 Å². The number of carbonyl (C=O) groups excluding carboxylic acids is 1. The molecule has 1 amide bonds. The molecule has 19 heavy (non-hydrogen) atoms. The van der Waals surface area contributed by atoms with Crippen molar-refractivity contribution >= 4 is 11.6 Å². The van der Waals surface area contributed by atoms with Crippen molar-refractivity contribution in [1.29, 1.82) is 5.26 Å². The fourth-order valence-corrected chi connectivity index (χ4v) is 1.86. The van der Waals surface area contributed by atoms with Gasteiger partial charge >= 0.3 is 0 Å². The second-order valence-electron chi connectivity index (χ2n) is 4.27. The molecule has 0 aliphatic rings. The zero-order chi connectivity index (χ0) is 13.8. The number of aryl methyl sites for hydroxylation is 2. The van der Waals surface area contributed by atoms with Crippen LogP contribution in [0.1, 0.15) is 22.9 Å². The van der Waals surface area contributed by atoms with Gasteiger partial charge in [0.25, 0.3) is 0 Å². The smallest absolute Gasteiger partial charge is 0.246 e. The number of H-pyrrole nitrogens is 1. The summed E-state index contributed by atoms with van der Waals surface area (Å²) < 4.78 is 0. The number of nitrogens with zero attached hydrogens (tertiary/aromatic N) is 2. The maximum atomic E-state index is 12.2. The molecule has 5 nitrogen and oxygen atoms in total. The summed E-state index contributed by atoms with van der Waals surface area (Å²) in [7, 11) is 0. The van der Waals surface area contributed by atoms with E-state index in [1.165, 1.54) is 0 Å². The van der Waals surface area contributed by atoms with Gasteiger partial charge in [0.15, 0.2) is 5.92 Å². The second-order valence-corrected chi connectivity index (χ2v) is 4.27. The number of amides is 1. The van der Waals surface area contributed by atoms with E-state index in [1.54, 1.807) is 31.2 Å². The molecule has 0 spiro atoms. The van der Waals surface area contributed by atoms with Crippen LogP contribution in [0.5, 0.6) is 0 Å². The average molecular weight is 254 g/mol. The van der Waals surface area contributed by atoms with E-state index in [2.05, 4.69) is 15.5 Å². The topological polar surface area (TPSA) is 81.6 Å². The van der Waals surface area contributed by atoms with Crippen LogP contribution in [0.2, 0.25) is 0 Å². The minimum absolute atomic E-state index is 0.346. The number of rotatable bonds is 3. The van der Waals surface area contributed by atoms with Crippen LogP contribution < -0.4 is 5.32 Å². The summed E-state index contributed by atoms with van der Waals surface area (Å²) in [6.45, 7) is 3.61. The number of hydrogen-bond acceptors (Lipinski definition) is 3. The third-order valence-corrected chi connectivity index (χ3v) is 2.90. The Morgan fingerprint density at radius 1 is 1.37 bits per heavy atom. The van der Waals surface area contributed by atoms with E-state index in [-0.39, 0.29) is 5.91 Å². The monoisotopic (exact) mass is 254 g/mol. The molecule has 0 saturated heterocycles. The Hall–Kier alpha value is -2.61. The first kappa shape index (κ1) is 12.8. The van der Waals surface area contributed by atoms with Gasteiger partial charge in [-0.05, 0) is 19.4 Å². The second kappa shape index (κ2) is 5.36. The van der Waals surface area contributed by atoms with Crippen molar-refractivity contribution in [3.05, 3.63) is 47.3 Å². The number of nitriles is 1. The van der Waals surface area contributed by atoms with Gasteiger partial charge in [-0.2, -0.15) is 10.4 Å². The molecule has 1 aromatic heterocycles. The zero-order valence-electron chi connectivity index (χ0n) is 10.8. The molecular weight excluding hydrogens is 240 g/mol. The molecule has 0 aliphatic heterocycles. The number of carbonyl (C=O) groups is 1. The summed E-state index contributed by atoms with van der Waals surface area (Å²) in [6, 6.07) is 11.0. The van der Waals surface area contributed by atoms with Crippen LogP contribution in [0, 0.1) is 25.2 Å². The van der Waals surface area contributed by atoms with E-state index in [0.29, 0.717) is 16.9 Å². The SMILES string of the molecule is Cc1n[nH]c(C)c1NC(=O)C(C#N)c1ccccc1. The van der Waals surface area contributed by atoms with E-state index in [1.807, 2.05) is 19.1 Å². The van der Waals surface area contributed by atoms with Gasteiger partial charge in [0.1, 0.15) is 0 Å². The van der Waals surface area contributed by atoms with Gasteiger partial charge in [-0.25, -0.2) is 0 Å². The van der Waals surface area contributed by atoms with Crippen LogP contribution in [-0.2, 0) is 4.79 Å². The number of anilines is 1. The summed E-state index contributed by atoms with van der Waals surface area (Å²) in [5.41, 5.74) is 2.80. The molecule has 0 radical (unpaired) electrons. The zero-order valence-corrected chi connectivity index (χ0v) is 10.8. The highest BCUT2D eigenvalue weighted by Crippen LogP contribution is 2.21. The molecule has 0 aliphatic carbocycles. The van der Waals surface area contributed by atoms with Crippen molar-refractivity contribution in [2.45, 2.75) is 19.8 Å². The highest BCUT2D eigenvalue weighted by atomic mass is 16.1. The van der Waals surface area contributed by atoms with Crippen molar-refractivity contribution in [3.63, 3.8) is 0 Å². The van der Waals surface area contributed by atoms with Gasteiger partial charge in [0.05, 0.1) is 23.1 Å². The predicted octanol–water partition coefficient (Wildman–Crippen LogP) is 2.27. The molecule has 96 valence electrons. The standard InChI is InChI=1S/C14H14N4O/c1-9-13(10(2)18-17-9)16-14(19)12(8-15)11-6-4-3-5-7-11/h3-7,12H,1-2H3,(H,16,19)(H,17,18). The van der Waals surface area contributed by atoms with E-state index in [0.717, 1.165) is 5.69 Å². The summed E-state index contributed by atoms with van der Waals surface area (Å²) >= 11 is 0. The third kappa shape index (κ3) is 2.63. The molecule has 0 saturated carbocycles. The molecule has 1 heterocycles. The van der Waals surface area contributed by atoms with Crippen LogP contribution in [0.25, 0.3) is 0 Å². The molecule has 2 rings (SSSR count). The summed E-state index contributed by atoms with van der Waals surface area (Å²) in [5, 5.41) is 18.7. The lowest BCUT2D eigenvalue weighted by Crippen LogP contribution is -2.20. The molecule has 0 fully saturated rings. The fourth-order valence-electron chi connectivity index (χ4n) is 1.86. The highest BCUT2D eigenvalue weighted by molar-refractivity contribution is 5.98. The Bertz CT molecular complexity index is 605. The summed E-state index contributed by atoms with van der Waals surface area (Å²) in [4.78, 5) is 12.2. The van der Waals surface area contributed by atoms with E-state index in [9.17, 15) is 10.1 Å². The number of nitrogens with one attached hydrogen (secondary N) is 2. The molecule has 1 atom stereocenters. The number of hydrogen-bond donors (Lipinski definition) is 2. The largest absolute Gasteiger partial charge is 0.322 e. The van der Waals surface area contributed by atoms with E-state index < -0.39 is 5.92 Å². The lowest BCUT2D eigenvalue weighted by atomic mass is 10.00. The van der Waals surface area contributed by atoms with Gasteiger partial charge in [-0.3, -0.25) is 9.89 Å². The van der Waals surface area contributed by atoms with E-state index >= 15 is 0 Å². The van der Waals surface area contributed by atoms with Crippen molar-refractivity contribution < 1.29 is 4.79 Å². The van der Waals surface area contributed by atoms with Crippen molar-refractivity contribution in [1.82, 2.24) is 10.2 Å². The Labute approximate surface area is 111 Å². The average Bonchev–Trinajstić information content (AvgIpc) is 2.73. The first-order chi connectivity index (χ1) is 9.13. The van der Waals surface area contributed by atoms with E-state index in [4.69, 9.17) is 0 Å². The molecule has 5 heteroatoms.